The van der Waals surface area contributed by atoms with Gasteiger partial charge in [-0.3, -0.25) is 0 Å². The number of hydrogen-bond acceptors (Lipinski definition) is 1. The van der Waals surface area contributed by atoms with Crippen LogP contribution in [0.4, 0.5) is 0 Å². The van der Waals surface area contributed by atoms with Gasteiger partial charge in [-0.1, -0.05) is 13.3 Å². The van der Waals surface area contributed by atoms with Crippen molar-refractivity contribution in [2.24, 2.45) is 5.10 Å². The van der Waals surface area contributed by atoms with E-state index < -0.39 is 0 Å². The molecular weight excluding hydrogens is 112 g/mol. The van der Waals surface area contributed by atoms with E-state index in [1.807, 2.05) is 13.0 Å². The van der Waals surface area contributed by atoms with Crippen LogP contribution >= 0.6 is 0 Å². The Morgan fingerprint density at radius 2 is 2.33 bits per heavy atom. The van der Waals surface area contributed by atoms with Crippen molar-refractivity contribution in [3.63, 3.8) is 0 Å². The highest BCUT2D eigenvalue weighted by Crippen LogP contribution is 2.04. The maximum absolute atomic E-state index is 3.96. The molecule has 0 aliphatic carbocycles. The van der Waals surface area contributed by atoms with E-state index in [-0.39, 0.29) is 0 Å². The standard InChI is InChI=1S/C7H11N2/c1-3-4-7-5-6(2)8-9-7/h5H,3-4H2,1-2H3. The maximum atomic E-state index is 3.96. The lowest BCUT2D eigenvalue weighted by Crippen LogP contribution is -1.88. The molecule has 1 aliphatic rings. The first kappa shape index (κ1) is 6.33. The van der Waals surface area contributed by atoms with Crippen LogP contribution in [-0.4, -0.2) is 5.71 Å². The van der Waals surface area contributed by atoms with Gasteiger partial charge in [0.15, 0.2) is 0 Å². The van der Waals surface area contributed by atoms with Crippen molar-refractivity contribution in [1.82, 2.24) is 5.43 Å². The van der Waals surface area contributed by atoms with E-state index in [0.717, 1.165) is 24.3 Å². The number of nitrogens with zero attached hydrogens (tertiary/aromatic N) is 2. The Balaban J connectivity index is 2.43. The van der Waals surface area contributed by atoms with Gasteiger partial charge >= 0.3 is 0 Å². The van der Waals surface area contributed by atoms with Crippen LogP contribution in [0.2, 0.25) is 0 Å². The Hall–Kier alpha value is -0.790. The topological polar surface area (TPSA) is 26.5 Å². The molecule has 9 heavy (non-hydrogen) atoms. The van der Waals surface area contributed by atoms with Crippen molar-refractivity contribution in [2.45, 2.75) is 26.7 Å². The average molecular weight is 123 g/mol. The predicted octanol–water partition coefficient (Wildman–Crippen LogP) is 1.66. The van der Waals surface area contributed by atoms with Gasteiger partial charge in [0, 0.05) is 0 Å². The van der Waals surface area contributed by atoms with Crippen LogP contribution < -0.4 is 5.43 Å². The summed E-state index contributed by atoms with van der Waals surface area (Å²) < 4.78 is 0. The molecule has 1 heterocycles. The number of rotatable bonds is 2. The molecule has 0 amide bonds. The van der Waals surface area contributed by atoms with Crippen molar-refractivity contribution in [3.8, 4) is 0 Å². The molecule has 0 spiro atoms. The fourth-order valence-corrected chi connectivity index (χ4v) is 0.820. The van der Waals surface area contributed by atoms with Crippen LogP contribution in [0.15, 0.2) is 16.9 Å². The zero-order valence-corrected chi connectivity index (χ0v) is 5.89. The fraction of sp³-hybridized carbons (Fsp3) is 0.571. The van der Waals surface area contributed by atoms with Gasteiger partial charge < -0.3 is 0 Å². The molecule has 0 saturated heterocycles. The normalized spacial score (nSPS) is 16.7. The molecule has 2 nitrogen and oxygen atoms in total. The summed E-state index contributed by atoms with van der Waals surface area (Å²) in [7, 11) is 0. The highest BCUT2D eigenvalue weighted by Gasteiger charge is 2.02. The molecule has 0 N–H and O–H groups in total. The molecule has 0 unspecified atom stereocenters. The Labute approximate surface area is 55.6 Å². The third-order valence-corrected chi connectivity index (χ3v) is 1.22. The van der Waals surface area contributed by atoms with Gasteiger partial charge in [-0.2, -0.15) is 10.5 Å². The summed E-state index contributed by atoms with van der Waals surface area (Å²) >= 11 is 0. The Morgan fingerprint density at radius 3 is 2.78 bits per heavy atom. The quantitative estimate of drug-likeness (QED) is 0.534. The van der Waals surface area contributed by atoms with E-state index in [1.54, 1.807) is 0 Å². The number of hydrogen-bond donors (Lipinski definition) is 0. The van der Waals surface area contributed by atoms with E-state index in [0.29, 0.717) is 0 Å². The zero-order valence-electron chi connectivity index (χ0n) is 5.89. The molecule has 0 aromatic heterocycles. The minimum Gasteiger partial charge on any atom is -0.156 e. The lowest BCUT2D eigenvalue weighted by Gasteiger charge is -1.86. The molecule has 49 valence electrons. The summed E-state index contributed by atoms with van der Waals surface area (Å²) in [5.41, 5.74) is 6.03. The zero-order chi connectivity index (χ0) is 6.69. The fourth-order valence-electron chi connectivity index (χ4n) is 0.820. The van der Waals surface area contributed by atoms with Gasteiger partial charge in [0.2, 0.25) is 0 Å². The molecule has 0 bridgehead atoms. The highest BCUT2D eigenvalue weighted by molar-refractivity contribution is 5.96. The second kappa shape index (κ2) is 2.67. The summed E-state index contributed by atoms with van der Waals surface area (Å²) in [6.45, 7) is 4.11. The minimum atomic E-state index is 1.03. The van der Waals surface area contributed by atoms with Gasteiger partial charge in [-0.15, -0.1) is 0 Å². The first-order valence-electron chi connectivity index (χ1n) is 3.29. The van der Waals surface area contributed by atoms with Crippen LogP contribution in [0.3, 0.4) is 0 Å². The van der Waals surface area contributed by atoms with Crippen molar-refractivity contribution in [2.75, 3.05) is 0 Å². The molecule has 0 atom stereocenters. The van der Waals surface area contributed by atoms with Gasteiger partial charge in [0.1, 0.15) is 0 Å². The second-order valence-electron chi connectivity index (χ2n) is 2.23. The summed E-state index contributed by atoms with van der Waals surface area (Å²) in [6, 6.07) is 0. The largest absolute Gasteiger partial charge is 0.156 e. The van der Waals surface area contributed by atoms with Crippen LogP contribution in [-0.2, 0) is 0 Å². The van der Waals surface area contributed by atoms with Crippen LogP contribution in [0.1, 0.15) is 26.7 Å². The van der Waals surface area contributed by atoms with E-state index in [4.69, 9.17) is 0 Å². The lowest BCUT2D eigenvalue weighted by molar-refractivity contribution is 0.884. The van der Waals surface area contributed by atoms with Gasteiger partial charge in [0.25, 0.3) is 0 Å². The summed E-state index contributed by atoms with van der Waals surface area (Å²) in [6.07, 6.45) is 4.24. The highest BCUT2D eigenvalue weighted by atomic mass is 15.3. The molecular formula is C7H11N2. The Kier molecular flexibility index (Phi) is 1.88. The van der Waals surface area contributed by atoms with Crippen molar-refractivity contribution in [1.29, 1.82) is 0 Å². The van der Waals surface area contributed by atoms with E-state index in [9.17, 15) is 0 Å². The van der Waals surface area contributed by atoms with E-state index >= 15 is 0 Å². The molecule has 0 aromatic rings. The Bertz CT molecular complexity index is 156. The van der Waals surface area contributed by atoms with E-state index in [2.05, 4.69) is 17.5 Å². The molecule has 1 radical (unpaired) electrons. The monoisotopic (exact) mass is 123 g/mol. The first-order valence-corrected chi connectivity index (χ1v) is 3.29. The third-order valence-electron chi connectivity index (χ3n) is 1.22. The molecule has 0 fully saturated rings. The first-order chi connectivity index (χ1) is 4.33. The van der Waals surface area contributed by atoms with Crippen LogP contribution in [0, 0.1) is 0 Å². The molecule has 0 saturated carbocycles. The smallest absolute Gasteiger partial charge is 0.0649 e. The average Bonchev–Trinajstić information content (AvgIpc) is 2.17. The van der Waals surface area contributed by atoms with Crippen molar-refractivity contribution >= 4 is 5.71 Å². The molecule has 2 heteroatoms. The molecule has 1 aliphatic heterocycles. The van der Waals surface area contributed by atoms with Gasteiger partial charge in [0.05, 0.1) is 11.4 Å². The third kappa shape index (κ3) is 1.56. The SMILES string of the molecule is CCCC1=N[N]C(C)=C1. The maximum Gasteiger partial charge on any atom is 0.0649 e. The van der Waals surface area contributed by atoms with Crippen molar-refractivity contribution < 1.29 is 0 Å². The summed E-state index contributed by atoms with van der Waals surface area (Å²) in [4.78, 5) is 0. The van der Waals surface area contributed by atoms with Crippen LogP contribution in [0.25, 0.3) is 0 Å². The second-order valence-corrected chi connectivity index (χ2v) is 2.23. The lowest BCUT2D eigenvalue weighted by atomic mass is 10.2. The van der Waals surface area contributed by atoms with Gasteiger partial charge in [-0.05, 0) is 19.4 Å². The van der Waals surface area contributed by atoms with Gasteiger partial charge in [-0.25, -0.2) is 0 Å². The molecule has 0 aromatic carbocycles. The Morgan fingerprint density at radius 1 is 1.56 bits per heavy atom. The molecule has 1 rings (SSSR count). The summed E-state index contributed by atoms with van der Waals surface area (Å²) in [5.74, 6) is 0. The van der Waals surface area contributed by atoms with Crippen LogP contribution in [0.5, 0.6) is 0 Å². The summed E-state index contributed by atoms with van der Waals surface area (Å²) in [5, 5.41) is 3.96. The predicted molar refractivity (Wildman–Crippen MR) is 38.2 cm³/mol. The van der Waals surface area contributed by atoms with E-state index in [1.165, 1.54) is 0 Å². The number of allylic oxidation sites excluding steroid dienone is 2. The van der Waals surface area contributed by atoms with Crippen molar-refractivity contribution in [3.05, 3.63) is 11.8 Å². The minimum absolute atomic E-state index is 1.03.